The van der Waals surface area contributed by atoms with E-state index in [1.165, 1.54) is 5.56 Å². The Labute approximate surface area is 130 Å². The van der Waals surface area contributed by atoms with Gasteiger partial charge >= 0.3 is 0 Å². The van der Waals surface area contributed by atoms with Gasteiger partial charge in [-0.15, -0.1) is 0 Å². The number of aryl methyl sites for hydroxylation is 1. The predicted octanol–water partition coefficient (Wildman–Crippen LogP) is 3.45. The number of carbonyl (C=O) groups is 1. The van der Waals surface area contributed by atoms with Crippen LogP contribution in [0.2, 0.25) is 0 Å². The van der Waals surface area contributed by atoms with Gasteiger partial charge in [0.2, 0.25) is 0 Å². The molecule has 0 amide bonds. The summed E-state index contributed by atoms with van der Waals surface area (Å²) < 4.78 is 0. The van der Waals surface area contributed by atoms with Gasteiger partial charge in [-0.2, -0.15) is 5.10 Å². The summed E-state index contributed by atoms with van der Waals surface area (Å²) in [7, 11) is 0. The first-order valence-electron chi connectivity index (χ1n) is 7.51. The topological polar surface area (TPSA) is 44.7 Å². The Kier molecular flexibility index (Phi) is 4.19. The highest BCUT2D eigenvalue weighted by atomic mass is 16.1. The SMILES string of the molecule is CC(=O)/C(=N\Nc1ccccc1)N1CCCc2ccccc21. The number of hydrogen-bond acceptors (Lipinski definition) is 3. The summed E-state index contributed by atoms with van der Waals surface area (Å²) in [6.07, 6.45) is 2.07. The van der Waals surface area contributed by atoms with Gasteiger partial charge in [0.1, 0.15) is 0 Å². The van der Waals surface area contributed by atoms with Crippen molar-refractivity contribution < 1.29 is 4.79 Å². The maximum Gasteiger partial charge on any atom is 0.197 e. The molecule has 1 N–H and O–H groups in total. The second-order valence-corrected chi connectivity index (χ2v) is 5.35. The smallest absolute Gasteiger partial charge is 0.197 e. The highest BCUT2D eigenvalue weighted by molar-refractivity contribution is 6.43. The van der Waals surface area contributed by atoms with Gasteiger partial charge in [-0.25, -0.2) is 0 Å². The summed E-state index contributed by atoms with van der Waals surface area (Å²) in [6.45, 7) is 2.37. The zero-order chi connectivity index (χ0) is 15.4. The summed E-state index contributed by atoms with van der Waals surface area (Å²) in [5, 5.41) is 4.36. The Morgan fingerprint density at radius 2 is 1.82 bits per heavy atom. The van der Waals surface area contributed by atoms with E-state index in [2.05, 4.69) is 22.7 Å². The first kappa shape index (κ1) is 14.3. The third kappa shape index (κ3) is 3.01. The van der Waals surface area contributed by atoms with Crippen molar-refractivity contribution in [3.05, 3.63) is 60.2 Å². The van der Waals surface area contributed by atoms with Crippen molar-refractivity contribution in [3.8, 4) is 0 Å². The fourth-order valence-electron chi connectivity index (χ4n) is 2.71. The molecule has 2 aromatic rings. The van der Waals surface area contributed by atoms with E-state index in [1.54, 1.807) is 6.92 Å². The lowest BCUT2D eigenvalue weighted by molar-refractivity contribution is -0.111. The molecular formula is C18H19N3O. The second kappa shape index (κ2) is 6.43. The number of rotatable bonds is 3. The van der Waals surface area contributed by atoms with E-state index in [0.29, 0.717) is 5.84 Å². The minimum Gasteiger partial charge on any atom is -0.322 e. The first-order valence-corrected chi connectivity index (χ1v) is 7.51. The van der Waals surface area contributed by atoms with Crippen molar-refractivity contribution in [1.29, 1.82) is 0 Å². The van der Waals surface area contributed by atoms with E-state index in [1.807, 2.05) is 47.4 Å². The highest BCUT2D eigenvalue weighted by Gasteiger charge is 2.23. The van der Waals surface area contributed by atoms with Crippen LogP contribution in [0.25, 0.3) is 0 Å². The number of anilines is 2. The molecule has 1 aliphatic rings. The fourth-order valence-corrected chi connectivity index (χ4v) is 2.71. The molecule has 0 unspecified atom stereocenters. The molecule has 0 atom stereocenters. The van der Waals surface area contributed by atoms with Gasteiger partial charge in [-0.05, 0) is 36.6 Å². The number of ketones is 1. The number of fused-ring (bicyclic) bond motifs is 1. The van der Waals surface area contributed by atoms with Crippen LogP contribution in [-0.4, -0.2) is 18.2 Å². The molecule has 4 heteroatoms. The summed E-state index contributed by atoms with van der Waals surface area (Å²) in [6, 6.07) is 17.9. The number of nitrogens with zero attached hydrogens (tertiary/aromatic N) is 2. The van der Waals surface area contributed by atoms with Crippen LogP contribution in [0, 0.1) is 0 Å². The second-order valence-electron chi connectivity index (χ2n) is 5.35. The third-order valence-corrected chi connectivity index (χ3v) is 3.75. The van der Waals surface area contributed by atoms with E-state index in [0.717, 1.165) is 30.8 Å². The summed E-state index contributed by atoms with van der Waals surface area (Å²) >= 11 is 0. The van der Waals surface area contributed by atoms with Crippen molar-refractivity contribution in [2.45, 2.75) is 19.8 Å². The largest absolute Gasteiger partial charge is 0.322 e. The van der Waals surface area contributed by atoms with Gasteiger partial charge in [0.05, 0.1) is 5.69 Å². The van der Waals surface area contributed by atoms with Gasteiger partial charge < -0.3 is 4.90 Å². The lowest BCUT2D eigenvalue weighted by Gasteiger charge is -2.30. The molecule has 0 spiro atoms. The minimum absolute atomic E-state index is 0.0415. The van der Waals surface area contributed by atoms with Crippen LogP contribution in [-0.2, 0) is 11.2 Å². The van der Waals surface area contributed by atoms with Crippen LogP contribution in [0.4, 0.5) is 11.4 Å². The monoisotopic (exact) mass is 293 g/mol. The van der Waals surface area contributed by atoms with Crippen molar-refractivity contribution in [1.82, 2.24) is 0 Å². The van der Waals surface area contributed by atoms with E-state index in [9.17, 15) is 4.79 Å². The molecule has 0 bridgehead atoms. The van der Waals surface area contributed by atoms with Crippen LogP contribution in [0.3, 0.4) is 0 Å². The van der Waals surface area contributed by atoms with E-state index in [-0.39, 0.29) is 5.78 Å². The van der Waals surface area contributed by atoms with Gasteiger partial charge in [-0.1, -0.05) is 36.4 Å². The predicted molar refractivity (Wildman–Crippen MR) is 90.3 cm³/mol. The normalized spacial score (nSPS) is 14.4. The number of para-hydroxylation sites is 2. The summed E-state index contributed by atoms with van der Waals surface area (Å²) in [5.41, 5.74) is 6.19. The van der Waals surface area contributed by atoms with Gasteiger partial charge in [-0.3, -0.25) is 10.2 Å². The molecule has 0 aliphatic carbocycles. The maximum atomic E-state index is 12.1. The first-order chi connectivity index (χ1) is 10.8. The maximum absolute atomic E-state index is 12.1. The molecule has 0 saturated heterocycles. The van der Waals surface area contributed by atoms with E-state index < -0.39 is 0 Å². The number of nitrogens with one attached hydrogen (secondary N) is 1. The molecule has 2 aromatic carbocycles. The molecule has 1 heterocycles. The number of hydrazone groups is 1. The lowest BCUT2D eigenvalue weighted by atomic mass is 10.0. The van der Waals surface area contributed by atoms with Crippen molar-refractivity contribution in [2.75, 3.05) is 16.9 Å². The Morgan fingerprint density at radius 3 is 2.59 bits per heavy atom. The minimum atomic E-state index is -0.0415. The standard InChI is InChI=1S/C18H19N3O/c1-14(22)18(20-19-16-10-3-2-4-11-16)21-13-7-9-15-8-5-6-12-17(15)21/h2-6,8,10-12,19H,7,9,13H2,1H3/b20-18+. The molecule has 3 rings (SSSR count). The molecule has 0 fully saturated rings. The average molecular weight is 293 g/mol. The number of amidine groups is 1. The zero-order valence-corrected chi connectivity index (χ0v) is 12.6. The van der Waals surface area contributed by atoms with Crippen LogP contribution < -0.4 is 10.3 Å². The molecule has 4 nitrogen and oxygen atoms in total. The van der Waals surface area contributed by atoms with E-state index in [4.69, 9.17) is 0 Å². The Bertz CT molecular complexity index is 694. The molecular weight excluding hydrogens is 274 g/mol. The van der Waals surface area contributed by atoms with Crippen molar-refractivity contribution >= 4 is 23.0 Å². The lowest BCUT2D eigenvalue weighted by Crippen LogP contribution is -2.39. The van der Waals surface area contributed by atoms with Crippen molar-refractivity contribution in [2.24, 2.45) is 5.10 Å². The van der Waals surface area contributed by atoms with Gasteiger partial charge in [0, 0.05) is 19.2 Å². The molecule has 0 aromatic heterocycles. The zero-order valence-electron chi connectivity index (χ0n) is 12.6. The number of benzene rings is 2. The van der Waals surface area contributed by atoms with Crippen molar-refractivity contribution in [3.63, 3.8) is 0 Å². The van der Waals surface area contributed by atoms with Crippen LogP contribution in [0.5, 0.6) is 0 Å². The quantitative estimate of drug-likeness (QED) is 0.535. The van der Waals surface area contributed by atoms with Crippen LogP contribution >= 0.6 is 0 Å². The van der Waals surface area contributed by atoms with Gasteiger partial charge in [0.15, 0.2) is 11.6 Å². The average Bonchev–Trinajstić information content (AvgIpc) is 2.56. The third-order valence-electron chi connectivity index (χ3n) is 3.75. The van der Waals surface area contributed by atoms with Crippen LogP contribution in [0.15, 0.2) is 59.7 Å². The van der Waals surface area contributed by atoms with Gasteiger partial charge in [0.25, 0.3) is 0 Å². The molecule has 0 radical (unpaired) electrons. The molecule has 1 aliphatic heterocycles. The Morgan fingerprint density at radius 1 is 1.09 bits per heavy atom. The van der Waals surface area contributed by atoms with Crippen LogP contribution in [0.1, 0.15) is 18.9 Å². The Balaban J connectivity index is 1.91. The fraction of sp³-hybridized carbons (Fsp3) is 0.222. The summed E-state index contributed by atoms with van der Waals surface area (Å²) in [5.74, 6) is 0.413. The number of carbonyl (C=O) groups excluding carboxylic acids is 1. The number of hydrogen-bond donors (Lipinski definition) is 1. The number of Topliss-reactive ketones (excluding diaryl/α,β-unsaturated/α-hetero) is 1. The summed E-state index contributed by atoms with van der Waals surface area (Å²) in [4.78, 5) is 14.1. The highest BCUT2D eigenvalue weighted by Crippen LogP contribution is 2.27. The molecule has 0 saturated carbocycles. The molecule has 112 valence electrons. The molecule has 22 heavy (non-hydrogen) atoms. The van der Waals surface area contributed by atoms with E-state index >= 15 is 0 Å². The Hall–Kier alpha value is -2.62.